The second kappa shape index (κ2) is 6.77. The maximum Gasteiger partial charge on any atom is 0.185 e. The number of phenols is 1. The number of benzene rings is 2. The first-order valence-corrected chi connectivity index (χ1v) is 8.10. The van der Waals surface area contributed by atoms with E-state index in [0.29, 0.717) is 10.6 Å². The molecule has 5 heteroatoms. The van der Waals surface area contributed by atoms with Gasteiger partial charge in [0.2, 0.25) is 0 Å². The summed E-state index contributed by atoms with van der Waals surface area (Å²) in [5.74, 6) is 0.00341. The molecule has 2 aromatic carbocycles. The number of thiazole rings is 1. The number of rotatable bonds is 4. The van der Waals surface area contributed by atoms with Gasteiger partial charge in [-0.2, -0.15) is 0 Å². The minimum absolute atomic E-state index is 0.133. The molecule has 0 aliphatic heterocycles. The van der Waals surface area contributed by atoms with Gasteiger partial charge in [-0.3, -0.25) is 4.79 Å². The van der Waals surface area contributed by atoms with Gasteiger partial charge in [-0.05, 0) is 48.6 Å². The number of ketones is 1. The number of aromatic nitrogens is 1. The normalized spacial score (nSPS) is 11.0. The van der Waals surface area contributed by atoms with Crippen LogP contribution in [0.25, 0.3) is 16.6 Å². The Kier molecular flexibility index (Phi) is 4.55. The predicted octanol–water partition coefficient (Wildman–Crippen LogP) is 5.07. The topological polar surface area (TPSA) is 50.2 Å². The largest absolute Gasteiger partial charge is 0.508 e. The van der Waals surface area contributed by atoms with E-state index in [2.05, 4.69) is 4.98 Å². The van der Waals surface area contributed by atoms with Crippen molar-refractivity contribution in [1.29, 1.82) is 0 Å². The molecule has 1 heterocycles. The number of carbonyl (C=O) groups is 1. The molecule has 3 nitrogen and oxygen atoms in total. The van der Waals surface area contributed by atoms with Crippen molar-refractivity contribution < 1.29 is 9.90 Å². The average Bonchev–Trinajstić information content (AvgIpc) is 3.03. The van der Waals surface area contributed by atoms with E-state index in [9.17, 15) is 9.90 Å². The molecule has 0 atom stereocenters. The minimum atomic E-state index is -0.133. The van der Waals surface area contributed by atoms with Gasteiger partial charge in [0, 0.05) is 21.5 Å². The van der Waals surface area contributed by atoms with Crippen molar-refractivity contribution in [1.82, 2.24) is 4.98 Å². The number of phenolic OH excluding ortho intramolecular Hbond substituents is 1. The summed E-state index contributed by atoms with van der Waals surface area (Å²) in [7, 11) is 0. The minimum Gasteiger partial charge on any atom is -0.508 e. The molecule has 0 fully saturated rings. The number of hydrogen-bond acceptors (Lipinski definition) is 4. The number of nitrogens with zero attached hydrogens (tertiary/aromatic N) is 1. The Balaban J connectivity index is 1.74. The Hall–Kier alpha value is -2.43. The van der Waals surface area contributed by atoms with Crippen molar-refractivity contribution in [3.63, 3.8) is 0 Å². The van der Waals surface area contributed by atoms with Crippen LogP contribution in [0.3, 0.4) is 0 Å². The van der Waals surface area contributed by atoms with Crippen LogP contribution in [0.4, 0.5) is 0 Å². The second-order valence-electron chi connectivity index (χ2n) is 4.83. The molecule has 0 unspecified atom stereocenters. The highest BCUT2D eigenvalue weighted by molar-refractivity contribution is 7.13. The molecule has 0 saturated carbocycles. The van der Waals surface area contributed by atoms with Crippen LogP contribution in [0.2, 0.25) is 5.02 Å². The van der Waals surface area contributed by atoms with Gasteiger partial charge in [0.05, 0.1) is 5.69 Å². The second-order valence-corrected chi connectivity index (χ2v) is 6.12. The Bertz CT molecular complexity index is 851. The summed E-state index contributed by atoms with van der Waals surface area (Å²) in [4.78, 5) is 16.5. The molecule has 3 rings (SSSR count). The lowest BCUT2D eigenvalue weighted by atomic mass is 10.1. The first-order valence-electron chi connectivity index (χ1n) is 6.85. The zero-order valence-corrected chi connectivity index (χ0v) is 13.5. The highest BCUT2D eigenvalue weighted by atomic mass is 35.5. The number of halogens is 1. The predicted molar refractivity (Wildman–Crippen MR) is 94.0 cm³/mol. The van der Waals surface area contributed by atoms with Crippen LogP contribution in [-0.2, 0) is 0 Å². The van der Waals surface area contributed by atoms with Crippen LogP contribution in [0.15, 0.2) is 60.0 Å². The number of allylic oxidation sites excluding steroid dienone is 1. The van der Waals surface area contributed by atoms with Crippen molar-refractivity contribution in [3.05, 3.63) is 76.3 Å². The van der Waals surface area contributed by atoms with E-state index >= 15 is 0 Å². The maximum atomic E-state index is 12.0. The summed E-state index contributed by atoms with van der Waals surface area (Å²) < 4.78 is 0. The lowest BCUT2D eigenvalue weighted by Gasteiger charge is -1.96. The van der Waals surface area contributed by atoms with Gasteiger partial charge in [-0.15, -0.1) is 11.3 Å². The molecule has 0 spiro atoms. The lowest BCUT2D eigenvalue weighted by molar-refractivity contribution is 0.104. The molecule has 0 bridgehead atoms. The molecule has 23 heavy (non-hydrogen) atoms. The standard InChI is InChI=1S/C18H12ClNO2S/c19-14-5-1-13(2-6-14)18-20-15(11-23-18)7-10-17(22)12-3-8-16(21)9-4-12/h1-11,21H. The van der Waals surface area contributed by atoms with E-state index in [-0.39, 0.29) is 11.5 Å². The zero-order valence-electron chi connectivity index (χ0n) is 11.9. The van der Waals surface area contributed by atoms with Crippen LogP contribution in [0.1, 0.15) is 16.1 Å². The SMILES string of the molecule is O=C(C=Cc1csc(-c2ccc(Cl)cc2)n1)c1ccc(O)cc1. The molecule has 0 aliphatic carbocycles. The average molecular weight is 342 g/mol. The van der Waals surface area contributed by atoms with E-state index in [4.69, 9.17) is 11.6 Å². The fraction of sp³-hybridized carbons (Fsp3) is 0. The summed E-state index contributed by atoms with van der Waals surface area (Å²) in [6.45, 7) is 0. The third-order valence-electron chi connectivity index (χ3n) is 3.17. The third kappa shape index (κ3) is 3.86. The third-order valence-corrected chi connectivity index (χ3v) is 4.33. The van der Waals surface area contributed by atoms with Crippen molar-refractivity contribution in [2.45, 2.75) is 0 Å². The molecule has 1 N–H and O–H groups in total. The summed E-state index contributed by atoms with van der Waals surface area (Å²) in [5.41, 5.74) is 2.24. The van der Waals surface area contributed by atoms with E-state index in [1.165, 1.54) is 29.5 Å². The van der Waals surface area contributed by atoms with Gasteiger partial charge >= 0.3 is 0 Å². The summed E-state index contributed by atoms with van der Waals surface area (Å²) >= 11 is 7.38. The van der Waals surface area contributed by atoms with Gasteiger partial charge in [0.1, 0.15) is 10.8 Å². The van der Waals surface area contributed by atoms with Crippen molar-refractivity contribution in [3.8, 4) is 16.3 Å². The van der Waals surface area contributed by atoms with Crippen LogP contribution in [0.5, 0.6) is 5.75 Å². The molecule has 0 radical (unpaired) electrons. The molecule has 114 valence electrons. The fourth-order valence-corrected chi connectivity index (χ4v) is 2.89. The van der Waals surface area contributed by atoms with Gasteiger partial charge < -0.3 is 5.11 Å². The summed E-state index contributed by atoms with van der Waals surface area (Å²) in [5, 5.41) is 12.7. The monoisotopic (exact) mass is 341 g/mol. The Morgan fingerprint density at radius 1 is 1.09 bits per heavy atom. The van der Waals surface area contributed by atoms with Crippen molar-refractivity contribution in [2.75, 3.05) is 0 Å². The Morgan fingerprint density at radius 3 is 2.48 bits per heavy atom. The highest BCUT2D eigenvalue weighted by Gasteiger charge is 2.05. The Morgan fingerprint density at radius 2 is 1.78 bits per heavy atom. The van der Waals surface area contributed by atoms with E-state index in [1.807, 2.05) is 29.6 Å². The first-order chi connectivity index (χ1) is 11.1. The molecule has 0 aliphatic rings. The van der Waals surface area contributed by atoms with Crippen LogP contribution in [0, 0.1) is 0 Å². The highest BCUT2D eigenvalue weighted by Crippen LogP contribution is 2.25. The summed E-state index contributed by atoms with van der Waals surface area (Å²) in [6, 6.07) is 13.6. The van der Waals surface area contributed by atoms with Gasteiger partial charge in [0.15, 0.2) is 5.78 Å². The molecule has 0 amide bonds. The molecular formula is C18H12ClNO2S. The van der Waals surface area contributed by atoms with E-state index < -0.39 is 0 Å². The lowest BCUT2D eigenvalue weighted by Crippen LogP contribution is -1.92. The van der Waals surface area contributed by atoms with Crippen molar-refractivity contribution in [2.24, 2.45) is 0 Å². The van der Waals surface area contributed by atoms with Gasteiger partial charge in [0.25, 0.3) is 0 Å². The van der Waals surface area contributed by atoms with Crippen LogP contribution in [-0.4, -0.2) is 15.9 Å². The van der Waals surface area contributed by atoms with Crippen LogP contribution < -0.4 is 0 Å². The zero-order chi connectivity index (χ0) is 16.2. The molecule has 3 aromatic rings. The number of carbonyl (C=O) groups excluding carboxylic acids is 1. The number of aromatic hydroxyl groups is 1. The van der Waals surface area contributed by atoms with Gasteiger partial charge in [-0.25, -0.2) is 4.98 Å². The quantitative estimate of drug-likeness (QED) is 0.532. The van der Waals surface area contributed by atoms with E-state index in [1.54, 1.807) is 18.2 Å². The summed E-state index contributed by atoms with van der Waals surface area (Å²) in [6.07, 6.45) is 3.16. The molecular weight excluding hydrogens is 330 g/mol. The molecule has 0 saturated heterocycles. The maximum absolute atomic E-state index is 12.0. The van der Waals surface area contributed by atoms with Crippen molar-refractivity contribution >= 4 is 34.8 Å². The first kappa shape index (κ1) is 15.5. The fourth-order valence-electron chi connectivity index (χ4n) is 1.97. The number of hydrogen-bond donors (Lipinski definition) is 1. The molecule has 1 aromatic heterocycles. The smallest absolute Gasteiger partial charge is 0.185 e. The Labute approximate surface area is 142 Å². The van der Waals surface area contributed by atoms with Crippen LogP contribution >= 0.6 is 22.9 Å². The van der Waals surface area contributed by atoms with Gasteiger partial charge in [-0.1, -0.05) is 23.7 Å². The van der Waals surface area contributed by atoms with E-state index in [0.717, 1.165) is 16.3 Å².